The van der Waals surface area contributed by atoms with Crippen LogP contribution in [-0.4, -0.2) is 39.4 Å². The molecule has 2 saturated carbocycles. The fourth-order valence-corrected chi connectivity index (χ4v) is 6.97. The number of fused-ring (bicyclic) bond motifs is 2. The topological polar surface area (TPSA) is 108 Å². The predicted octanol–water partition coefficient (Wildman–Crippen LogP) is 3.88. The molecule has 1 heterocycles. The molecule has 2 amide bonds. The molecule has 0 radical (unpaired) electrons. The Morgan fingerprint density at radius 2 is 1.97 bits per heavy atom. The maximum absolute atomic E-state index is 13.6. The number of benzene rings is 2. The first-order valence-electron chi connectivity index (χ1n) is 13.7. The average molecular weight is 501 g/mol. The molecule has 2 unspecified atom stereocenters. The van der Waals surface area contributed by atoms with Crippen molar-refractivity contribution in [3.05, 3.63) is 70.8 Å². The van der Waals surface area contributed by atoms with Gasteiger partial charge in [0.25, 0.3) is 5.91 Å². The number of nitrogens with one attached hydrogen (secondary N) is 1. The van der Waals surface area contributed by atoms with Crippen LogP contribution in [0.4, 0.5) is 0 Å². The van der Waals surface area contributed by atoms with Crippen molar-refractivity contribution >= 4 is 17.8 Å². The van der Waals surface area contributed by atoms with E-state index in [1.165, 1.54) is 6.42 Å². The van der Waals surface area contributed by atoms with Gasteiger partial charge in [0.05, 0.1) is 30.1 Å². The van der Waals surface area contributed by atoms with Crippen molar-refractivity contribution in [1.82, 2.24) is 10.2 Å². The summed E-state index contributed by atoms with van der Waals surface area (Å²) >= 11 is 0. The number of nitrogens with two attached hydrogens (primary N) is 1. The van der Waals surface area contributed by atoms with Crippen LogP contribution in [0, 0.1) is 17.8 Å². The molecular formula is C30H36N4O3. The number of aliphatic imine (C=N–C) groups is 1. The molecule has 6 rings (SSSR count). The van der Waals surface area contributed by atoms with E-state index in [1.54, 1.807) is 11.0 Å². The molecule has 37 heavy (non-hydrogen) atoms. The molecule has 2 aromatic carbocycles. The number of hydrogen-bond donors (Lipinski definition) is 3. The molecule has 0 bridgehead atoms. The van der Waals surface area contributed by atoms with Crippen LogP contribution in [0.1, 0.15) is 85.1 Å². The van der Waals surface area contributed by atoms with Gasteiger partial charge in [-0.2, -0.15) is 0 Å². The van der Waals surface area contributed by atoms with Gasteiger partial charge in [0.1, 0.15) is 0 Å². The van der Waals surface area contributed by atoms with Crippen LogP contribution >= 0.6 is 0 Å². The summed E-state index contributed by atoms with van der Waals surface area (Å²) in [6, 6.07) is 14.7. The first-order valence-corrected chi connectivity index (χ1v) is 13.7. The third-order valence-corrected chi connectivity index (χ3v) is 9.43. The minimum Gasteiger partial charge on any atom is -0.390 e. The summed E-state index contributed by atoms with van der Waals surface area (Å²) in [5, 5.41) is 13.7. The lowest BCUT2D eigenvalue weighted by atomic mass is 9.75. The minimum atomic E-state index is -0.654. The zero-order valence-corrected chi connectivity index (χ0v) is 21.6. The van der Waals surface area contributed by atoms with Crippen LogP contribution in [0.5, 0.6) is 0 Å². The largest absolute Gasteiger partial charge is 0.390 e. The Balaban J connectivity index is 1.30. The number of rotatable bonds is 7. The van der Waals surface area contributed by atoms with Gasteiger partial charge >= 0.3 is 0 Å². The lowest BCUT2D eigenvalue weighted by molar-refractivity contribution is -0.133. The second-order valence-electron chi connectivity index (χ2n) is 11.4. The van der Waals surface area contributed by atoms with E-state index in [0.29, 0.717) is 36.2 Å². The Hall–Kier alpha value is -3.19. The highest BCUT2D eigenvalue weighted by Gasteiger charge is 2.58. The third-order valence-electron chi connectivity index (χ3n) is 9.43. The maximum atomic E-state index is 13.6. The number of carbonyl (C=O) groups is 2. The first kappa shape index (κ1) is 24.2. The van der Waals surface area contributed by atoms with Gasteiger partial charge in [-0.3, -0.25) is 14.5 Å². The van der Waals surface area contributed by atoms with Crippen LogP contribution in [0.25, 0.3) is 0 Å². The van der Waals surface area contributed by atoms with Crippen molar-refractivity contribution in [2.75, 3.05) is 0 Å². The Labute approximate surface area is 218 Å². The molecule has 0 spiro atoms. The Kier molecular flexibility index (Phi) is 5.86. The van der Waals surface area contributed by atoms with Gasteiger partial charge in [0.15, 0.2) is 5.96 Å². The molecule has 1 aliphatic heterocycles. The second kappa shape index (κ2) is 8.98. The number of aliphatic hydroxyl groups is 1. The monoisotopic (exact) mass is 500 g/mol. The molecule has 0 aromatic heterocycles. The second-order valence-corrected chi connectivity index (χ2v) is 11.4. The van der Waals surface area contributed by atoms with Gasteiger partial charge < -0.3 is 16.2 Å². The summed E-state index contributed by atoms with van der Waals surface area (Å²) < 4.78 is 0. The highest BCUT2D eigenvalue weighted by Crippen LogP contribution is 2.64. The Morgan fingerprint density at radius 1 is 1.19 bits per heavy atom. The number of hydrogen-bond acceptors (Lipinski definition) is 5. The lowest BCUT2D eigenvalue weighted by Crippen LogP contribution is -2.54. The van der Waals surface area contributed by atoms with Crippen molar-refractivity contribution in [3.8, 4) is 0 Å². The van der Waals surface area contributed by atoms with E-state index in [0.717, 1.165) is 41.9 Å². The van der Waals surface area contributed by atoms with E-state index in [1.807, 2.05) is 42.5 Å². The van der Waals surface area contributed by atoms with E-state index >= 15 is 0 Å². The molecule has 7 heteroatoms. The summed E-state index contributed by atoms with van der Waals surface area (Å²) in [6.07, 6.45) is 4.05. The summed E-state index contributed by atoms with van der Waals surface area (Å²) in [7, 11) is 0. The van der Waals surface area contributed by atoms with Crippen LogP contribution in [0.2, 0.25) is 0 Å². The average Bonchev–Trinajstić information content (AvgIpc) is 3.44. The van der Waals surface area contributed by atoms with Crippen molar-refractivity contribution in [1.29, 1.82) is 0 Å². The third kappa shape index (κ3) is 4.04. The van der Waals surface area contributed by atoms with Gasteiger partial charge in [-0.1, -0.05) is 50.2 Å². The molecule has 0 saturated heterocycles. The minimum absolute atomic E-state index is 0.0193. The molecule has 6 atom stereocenters. The smallest absolute Gasteiger partial charge is 0.251 e. The summed E-state index contributed by atoms with van der Waals surface area (Å²) in [5.41, 5.74) is 9.56. The summed E-state index contributed by atoms with van der Waals surface area (Å²) in [6.45, 7) is 4.12. The molecule has 7 nitrogen and oxygen atoms in total. The zero-order valence-electron chi connectivity index (χ0n) is 21.6. The predicted molar refractivity (Wildman–Crippen MR) is 142 cm³/mol. The number of guanidine groups is 1. The molecular weight excluding hydrogens is 464 g/mol. The molecule has 194 valence electrons. The van der Waals surface area contributed by atoms with Crippen LogP contribution in [0.3, 0.4) is 0 Å². The van der Waals surface area contributed by atoms with Gasteiger partial charge in [-0.15, -0.1) is 0 Å². The zero-order chi connectivity index (χ0) is 25.9. The van der Waals surface area contributed by atoms with Crippen molar-refractivity contribution < 1.29 is 14.7 Å². The van der Waals surface area contributed by atoms with Crippen LogP contribution in [0.15, 0.2) is 53.5 Å². The molecule has 4 aliphatic rings. The van der Waals surface area contributed by atoms with Gasteiger partial charge in [-0.25, -0.2) is 4.99 Å². The quantitative estimate of drug-likeness (QED) is 0.536. The maximum Gasteiger partial charge on any atom is 0.251 e. The fourth-order valence-electron chi connectivity index (χ4n) is 6.97. The Bertz CT molecular complexity index is 1270. The highest BCUT2D eigenvalue weighted by atomic mass is 16.3. The lowest BCUT2D eigenvalue weighted by Gasteiger charge is -2.45. The molecule has 2 fully saturated rings. The number of amides is 2. The normalized spacial score (nSPS) is 30.0. The molecule has 3 aliphatic carbocycles. The van der Waals surface area contributed by atoms with Gasteiger partial charge in [-0.05, 0) is 72.3 Å². The highest BCUT2D eigenvalue weighted by molar-refractivity contribution is 6.00. The number of carbonyl (C=O) groups excluding carboxylic acids is 2. The van der Waals surface area contributed by atoms with Crippen LogP contribution in [-0.2, 0) is 11.2 Å². The van der Waals surface area contributed by atoms with Crippen molar-refractivity contribution in [2.45, 2.75) is 76.1 Å². The van der Waals surface area contributed by atoms with Crippen LogP contribution < -0.4 is 11.1 Å². The summed E-state index contributed by atoms with van der Waals surface area (Å²) in [5.74, 6) is 1.77. The van der Waals surface area contributed by atoms with E-state index in [9.17, 15) is 14.7 Å². The van der Waals surface area contributed by atoms with E-state index in [4.69, 9.17) is 10.7 Å². The van der Waals surface area contributed by atoms with E-state index in [-0.39, 0.29) is 17.9 Å². The van der Waals surface area contributed by atoms with Gasteiger partial charge in [0, 0.05) is 12.0 Å². The number of nitrogens with zero attached hydrogens (tertiary/aromatic N) is 2. The van der Waals surface area contributed by atoms with Crippen molar-refractivity contribution in [3.63, 3.8) is 0 Å². The Morgan fingerprint density at radius 3 is 2.65 bits per heavy atom. The van der Waals surface area contributed by atoms with Gasteiger partial charge in [0.2, 0.25) is 5.91 Å². The first-order chi connectivity index (χ1) is 17.8. The van der Waals surface area contributed by atoms with E-state index in [2.05, 4.69) is 19.2 Å². The fraction of sp³-hybridized carbons (Fsp3) is 0.500. The standard InChI is InChI=1S/C30H36N4O3/c1-3-30(4-2)16-25(36)34(29(31)33-30)27(23-14-20-13-22(20)23)18-9-7-10-19(12-18)28(37)32-26-21-11-6-5-8-17(21)15-24(26)35/h5-12,20,22-24,26-27,35H,3-4,13-16H2,1-2H3,(H2,31,33)(H,32,37)/t20-,22?,23-,24-,26-,27?/m1/s1. The van der Waals surface area contributed by atoms with E-state index < -0.39 is 17.7 Å². The van der Waals surface area contributed by atoms with Crippen molar-refractivity contribution in [2.24, 2.45) is 28.5 Å². The SMILES string of the molecule is CCC1(CC)CC(=O)N(C(c2cccc(C(=O)N[C@@H]3c4ccccc4C[C@H]3O)c2)[C@@H]2C[C@H]3CC32)C(N)=N1. The molecule has 4 N–H and O–H groups in total. The molecule has 2 aromatic rings. The number of aliphatic hydroxyl groups excluding tert-OH is 1. The summed E-state index contributed by atoms with van der Waals surface area (Å²) in [4.78, 5) is 33.5.